The molecule has 30 heavy (non-hydrogen) atoms. The second-order valence-electron chi connectivity index (χ2n) is 7.79. The average molecular weight is 404 g/mol. The summed E-state index contributed by atoms with van der Waals surface area (Å²) in [4.78, 5) is 0. The zero-order valence-electron chi connectivity index (χ0n) is 18.1. The number of rotatable bonds is 6. The summed E-state index contributed by atoms with van der Waals surface area (Å²) < 4.78 is 17.3. The van der Waals surface area contributed by atoms with Crippen molar-refractivity contribution < 1.29 is 14.2 Å². The maximum Gasteiger partial charge on any atom is 0.162 e. The molecule has 4 rings (SSSR count). The highest BCUT2D eigenvalue weighted by Crippen LogP contribution is 2.39. The van der Waals surface area contributed by atoms with Gasteiger partial charge in [-0.2, -0.15) is 0 Å². The Morgan fingerprint density at radius 2 is 1.60 bits per heavy atom. The lowest BCUT2D eigenvalue weighted by molar-refractivity contribution is 0.283. The van der Waals surface area contributed by atoms with E-state index in [2.05, 4.69) is 55.6 Å². The van der Waals surface area contributed by atoms with Crippen molar-refractivity contribution in [1.29, 1.82) is 0 Å². The molecule has 0 aliphatic carbocycles. The van der Waals surface area contributed by atoms with Crippen molar-refractivity contribution in [3.05, 3.63) is 88.0 Å². The predicted molar refractivity (Wildman–Crippen MR) is 120 cm³/mol. The molecule has 4 nitrogen and oxygen atoms in total. The smallest absolute Gasteiger partial charge is 0.162 e. The molecule has 156 valence electrons. The minimum atomic E-state index is 0.114. The van der Waals surface area contributed by atoms with Crippen LogP contribution in [0.2, 0.25) is 0 Å². The van der Waals surface area contributed by atoms with Crippen LogP contribution in [0.4, 0.5) is 0 Å². The molecule has 1 aliphatic rings. The van der Waals surface area contributed by atoms with Crippen molar-refractivity contribution in [2.24, 2.45) is 0 Å². The summed E-state index contributed by atoms with van der Waals surface area (Å²) in [7, 11) is 3.42. The quantitative estimate of drug-likeness (QED) is 0.619. The van der Waals surface area contributed by atoms with E-state index in [1.165, 1.54) is 22.3 Å². The van der Waals surface area contributed by atoms with Gasteiger partial charge in [0.15, 0.2) is 11.5 Å². The minimum Gasteiger partial charge on any atom is -0.496 e. The number of fused-ring (bicyclic) bond motifs is 1. The van der Waals surface area contributed by atoms with Crippen LogP contribution in [-0.4, -0.2) is 20.8 Å². The number of hydrogen-bond acceptors (Lipinski definition) is 4. The Kier molecular flexibility index (Phi) is 5.96. The Morgan fingerprint density at radius 1 is 0.833 bits per heavy atom. The highest BCUT2D eigenvalue weighted by atomic mass is 16.5. The van der Waals surface area contributed by atoms with Gasteiger partial charge in [-0.3, -0.25) is 0 Å². The van der Waals surface area contributed by atoms with Crippen molar-refractivity contribution in [3.63, 3.8) is 0 Å². The number of methoxy groups -OCH3 is 2. The summed E-state index contributed by atoms with van der Waals surface area (Å²) in [6.45, 7) is 5.67. The van der Waals surface area contributed by atoms with Crippen LogP contribution >= 0.6 is 0 Å². The van der Waals surface area contributed by atoms with Crippen LogP contribution < -0.4 is 19.5 Å². The Balaban J connectivity index is 1.71. The largest absolute Gasteiger partial charge is 0.496 e. The van der Waals surface area contributed by atoms with Crippen molar-refractivity contribution >= 4 is 0 Å². The molecule has 0 bridgehead atoms. The van der Waals surface area contributed by atoms with Gasteiger partial charge >= 0.3 is 0 Å². The zero-order chi connectivity index (χ0) is 21.1. The number of hydrogen-bond donors (Lipinski definition) is 1. The normalized spacial score (nSPS) is 15.4. The lowest BCUT2D eigenvalue weighted by Gasteiger charge is -2.30. The number of aryl methyl sites for hydroxylation is 2. The van der Waals surface area contributed by atoms with E-state index < -0.39 is 0 Å². The van der Waals surface area contributed by atoms with Gasteiger partial charge in [-0.1, -0.05) is 36.4 Å². The fourth-order valence-electron chi connectivity index (χ4n) is 4.19. The third-order valence-corrected chi connectivity index (χ3v) is 5.81. The molecule has 0 saturated carbocycles. The van der Waals surface area contributed by atoms with Crippen molar-refractivity contribution in [1.82, 2.24) is 5.32 Å². The highest BCUT2D eigenvalue weighted by molar-refractivity contribution is 5.54. The third kappa shape index (κ3) is 4.01. The molecule has 3 aromatic carbocycles. The van der Waals surface area contributed by atoms with E-state index in [0.29, 0.717) is 6.61 Å². The molecule has 0 amide bonds. The number of ether oxygens (including phenoxy) is 3. The molecule has 3 aromatic rings. The standard InChI is InChI=1S/C26H29NO3/c1-17-13-23(28-3)18(2)12-21(17)26-22-15-25(30-16-19-8-6-5-7-9-19)24(29-4)14-20(22)10-11-27-26/h5-9,12-15,26-27H,10-11,16H2,1-4H3. The molecule has 0 spiro atoms. The Bertz CT molecular complexity index is 1030. The van der Waals surface area contributed by atoms with Crippen LogP contribution in [0.1, 0.15) is 39.4 Å². The van der Waals surface area contributed by atoms with E-state index >= 15 is 0 Å². The Morgan fingerprint density at radius 3 is 2.33 bits per heavy atom. The summed E-state index contributed by atoms with van der Waals surface area (Å²) in [6.07, 6.45) is 0.968. The molecule has 0 radical (unpaired) electrons. The summed E-state index contributed by atoms with van der Waals surface area (Å²) >= 11 is 0. The van der Waals surface area contributed by atoms with Gasteiger partial charge in [0.05, 0.1) is 20.3 Å². The molecular weight excluding hydrogens is 374 g/mol. The number of benzene rings is 3. The summed E-state index contributed by atoms with van der Waals surface area (Å²) in [6, 6.07) is 18.9. The van der Waals surface area contributed by atoms with Gasteiger partial charge in [0.25, 0.3) is 0 Å². The molecule has 1 N–H and O–H groups in total. The van der Waals surface area contributed by atoms with E-state index in [0.717, 1.165) is 41.3 Å². The SMILES string of the molecule is COc1cc(C)c(C2NCCc3cc(OC)c(OCc4ccccc4)cc32)cc1C. The first-order chi connectivity index (χ1) is 14.6. The van der Waals surface area contributed by atoms with E-state index in [-0.39, 0.29) is 6.04 Å². The maximum atomic E-state index is 6.18. The van der Waals surface area contributed by atoms with Gasteiger partial charge in [-0.05, 0) is 71.8 Å². The molecule has 1 atom stereocenters. The van der Waals surface area contributed by atoms with Gasteiger partial charge in [-0.15, -0.1) is 0 Å². The Labute approximate surface area is 178 Å². The topological polar surface area (TPSA) is 39.7 Å². The van der Waals surface area contributed by atoms with E-state index in [1.807, 2.05) is 18.2 Å². The molecule has 1 unspecified atom stereocenters. The molecular formula is C26H29NO3. The van der Waals surface area contributed by atoms with Crippen LogP contribution in [0.5, 0.6) is 17.2 Å². The van der Waals surface area contributed by atoms with E-state index in [4.69, 9.17) is 14.2 Å². The Hall–Kier alpha value is -2.98. The molecule has 0 aromatic heterocycles. The lowest BCUT2D eigenvalue weighted by atomic mass is 9.86. The van der Waals surface area contributed by atoms with E-state index in [9.17, 15) is 0 Å². The van der Waals surface area contributed by atoms with Crippen LogP contribution in [-0.2, 0) is 13.0 Å². The van der Waals surface area contributed by atoms with Crippen molar-refractivity contribution in [3.8, 4) is 17.2 Å². The fraction of sp³-hybridized carbons (Fsp3) is 0.308. The van der Waals surface area contributed by atoms with Crippen LogP contribution in [0.25, 0.3) is 0 Å². The van der Waals surface area contributed by atoms with E-state index in [1.54, 1.807) is 14.2 Å². The lowest BCUT2D eigenvalue weighted by Crippen LogP contribution is -2.31. The van der Waals surface area contributed by atoms with Gasteiger partial charge < -0.3 is 19.5 Å². The molecule has 0 saturated heterocycles. The van der Waals surface area contributed by atoms with Gasteiger partial charge in [0, 0.05) is 6.54 Å². The molecule has 1 aliphatic heterocycles. The summed E-state index contributed by atoms with van der Waals surface area (Å²) in [5, 5.41) is 3.70. The highest BCUT2D eigenvalue weighted by Gasteiger charge is 2.26. The van der Waals surface area contributed by atoms with Gasteiger partial charge in [-0.25, -0.2) is 0 Å². The fourth-order valence-corrected chi connectivity index (χ4v) is 4.19. The maximum absolute atomic E-state index is 6.18. The molecule has 4 heteroatoms. The summed E-state index contributed by atoms with van der Waals surface area (Å²) in [5.74, 6) is 2.48. The van der Waals surface area contributed by atoms with Gasteiger partial charge in [0.2, 0.25) is 0 Å². The monoisotopic (exact) mass is 403 g/mol. The van der Waals surface area contributed by atoms with Crippen LogP contribution in [0.15, 0.2) is 54.6 Å². The summed E-state index contributed by atoms with van der Waals surface area (Å²) in [5.41, 5.74) is 7.31. The first-order valence-corrected chi connectivity index (χ1v) is 10.4. The minimum absolute atomic E-state index is 0.114. The average Bonchev–Trinajstić information content (AvgIpc) is 2.78. The first-order valence-electron chi connectivity index (χ1n) is 10.4. The third-order valence-electron chi connectivity index (χ3n) is 5.81. The second kappa shape index (κ2) is 8.80. The molecule has 1 heterocycles. The van der Waals surface area contributed by atoms with Crippen molar-refractivity contribution in [2.45, 2.75) is 32.9 Å². The predicted octanol–water partition coefficient (Wildman–Crippen LogP) is 5.13. The first kappa shape index (κ1) is 20.3. The molecule has 0 fully saturated rings. The van der Waals surface area contributed by atoms with Crippen LogP contribution in [0.3, 0.4) is 0 Å². The zero-order valence-corrected chi connectivity index (χ0v) is 18.1. The van der Waals surface area contributed by atoms with Gasteiger partial charge in [0.1, 0.15) is 12.4 Å². The number of nitrogens with one attached hydrogen (secondary N) is 1. The van der Waals surface area contributed by atoms with Crippen molar-refractivity contribution in [2.75, 3.05) is 20.8 Å². The van der Waals surface area contributed by atoms with Crippen LogP contribution in [0, 0.1) is 13.8 Å². The second-order valence-corrected chi connectivity index (χ2v) is 7.79.